The van der Waals surface area contributed by atoms with Crippen LogP contribution in [-0.2, 0) is 0 Å². The van der Waals surface area contributed by atoms with Gasteiger partial charge in [0.05, 0.1) is 16.4 Å². The predicted molar refractivity (Wildman–Crippen MR) is 84.7 cm³/mol. The van der Waals surface area contributed by atoms with Gasteiger partial charge in [-0.3, -0.25) is 0 Å². The third kappa shape index (κ3) is 2.32. The van der Waals surface area contributed by atoms with E-state index in [2.05, 4.69) is 69.3 Å². The summed E-state index contributed by atoms with van der Waals surface area (Å²) < 4.78 is 0. The van der Waals surface area contributed by atoms with E-state index in [4.69, 9.17) is 11.2 Å². The molecule has 0 nitrogen and oxygen atoms in total. The molecule has 0 aliphatic rings. The van der Waals surface area contributed by atoms with Crippen molar-refractivity contribution in [2.24, 2.45) is 0 Å². The zero-order valence-corrected chi connectivity index (χ0v) is 12.7. The Bertz CT molecular complexity index is 460. The number of rotatable bonds is 2. The Hall–Kier alpha value is -0.840. The minimum absolute atomic E-state index is 0.0390. The second-order valence-corrected chi connectivity index (χ2v) is 10.5. The average molecular weight is 278 g/mol. The summed E-state index contributed by atoms with van der Waals surface area (Å²) in [6, 6.07) is 21.0. The third-order valence-corrected chi connectivity index (χ3v) is 9.71. The third-order valence-electron chi connectivity index (χ3n) is 3.15. The van der Waals surface area contributed by atoms with Crippen LogP contribution in [0.2, 0.25) is 0 Å². The number of hydrogen-bond acceptors (Lipinski definition) is 0. The normalized spacial score (nSPS) is 12.4. The van der Waals surface area contributed by atoms with E-state index in [1.165, 1.54) is 10.6 Å². The second kappa shape index (κ2) is 5.03. The van der Waals surface area contributed by atoms with Crippen molar-refractivity contribution in [1.82, 2.24) is 0 Å². The number of benzene rings is 2. The lowest BCUT2D eigenvalue weighted by atomic mass is 10.3. The molecule has 18 heavy (non-hydrogen) atoms. The van der Waals surface area contributed by atoms with Gasteiger partial charge in [0.2, 0.25) is 0 Å². The molecule has 0 radical (unpaired) electrons. The van der Waals surface area contributed by atoms with E-state index in [9.17, 15) is 0 Å². The Morgan fingerprint density at radius 3 is 1.33 bits per heavy atom. The van der Waals surface area contributed by atoms with Gasteiger partial charge in [-0.2, -0.15) is 0 Å². The lowest BCUT2D eigenvalue weighted by Gasteiger charge is -2.31. The van der Waals surface area contributed by atoms with Gasteiger partial charge in [-0.25, -0.2) is 0 Å². The molecule has 0 saturated heterocycles. The van der Waals surface area contributed by atoms with Crippen LogP contribution >= 0.6 is 17.9 Å². The standard InChI is InChI=1S/C16H19ClP/c1-16(2,3)18(17,14-10-6-4-7-11-14)15-12-8-5-9-13-15/h4-13H,1-3H3/q+1. The highest BCUT2D eigenvalue weighted by Gasteiger charge is 2.52. The van der Waals surface area contributed by atoms with Crippen LogP contribution in [0.15, 0.2) is 60.7 Å². The van der Waals surface area contributed by atoms with Crippen LogP contribution in [0.4, 0.5) is 0 Å². The molecule has 0 bridgehead atoms. The van der Waals surface area contributed by atoms with Crippen molar-refractivity contribution in [3.8, 4) is 0 Å². The smallest absolute Gasteiger partial charge is 0.0620 e. The first-order valence-electron chi connectivity index (χ1n) is 6.16. The maximum atomic E-state index is 7.18. The van der Waals surface area contributed by atoms with Crippen molar-refractivity contribution < 1.29 is 0 Å². The molecule has 0 aliphatic heterocycles. The SMILES string of the molecule is CC(C)(C)[P+](Cl)(c1ccccc1)c1ccccc1. The van der Waals surface area contributed by atoms with Crippen LogP contribution in [0, 0.1) is 0 Å². The Labute approximate surface area is 115 Å². The van der Waals surface area contributed by atoms with Gasteiger partial charge in [0.1, 0.15) is 10.6 Å². The van der Waals surface area contributed by atoms with Crippen molar-refractivity contribution in [2.45, 2.75) is 25.9 Å². The molecule has 0 aromatic heterocycles. The first-order chi connectivity index (χ1) is 8.46. The molecule has 0 aliphatic carbocycles. The summed E-state index contributed by atoms with van der Waals surface area (Å²) in [6.45, 7) is 4.80. The molecule has 0 N–H and O–H groups in total. The lowest BCUT2D eigenvalue weighted by molar-refractivity contribution is 0.790. The van der Waals surface area contributed by atoms with Crippen LogP contribution in [0.3, 0.4) is 0 Å². The molecular formula is C16H19ClP+. The minimum Gasteiger partial charge on any atom is -0.0620 e. The number of halogens is 1. The molecule has 0 amide bonds. The first kappa shape index (κ1) is 13.6. The maximum absolute atomic E-state index is 7.18. The zero-order chi connectivity index (χ0) is 13.2. The zero-order valence-electron chi connectivity index (χ0n) is 11.1. The highest BCUT2D eigenvalue weighted by atomic mass is 35.7. The van der Waals surface area contributed by atoms with Crippen LogP contribution in [0.5, 0.6) is 0 Å². The van der Waals surface area contributed by atoms with Crippen molar-refractivity contribution in [3.05, 3.63) is 60.7 Å². The summed E-state index contributed by atoms with van der Waals surface area (Å²) in [5.41, 5.74) is 0. The monoisotopic (exact) mass is 277 g/mol. The fraction of sp³-hybridized carbons (Fsp3) is 0.250. The van der Waals surface area contributed by atoms with E-state index < -0.39 is 6.62 Å². The molecule has 0 atom stereocenters. The fourth-order valence-electron chi connectivity index (χ4n) is 2.19. The van der Waals surface area contributed by atoms with Gasteiger partial charge < -0.3 is 0 Å². The maximum Gasteiger partial charge on any atom is 0.183 e. The van der Waals surface area contributed by atoms with E-state index in [-0.39, 0.29) is 5.16 Å². The minimum atomic E-state index is -1.89. The largest absolute Gasteiger partial charge is 0.183 e. The van der Waals surface area contributed by atoms with Gasteiger partial charge in [0.25, 0.3) is 0 Å². The van der Waals surface area contributed by atoms with Gasteiger partial charge in [0, 0.05) is 0 Å². The summed E-state index contributed by atoms with van der Waals surface area (Å²) in [4.78, 5) is 0. The molecular weight excluding hydrogens is 259 g/mol. The highest BCUT2D eigenvalue weighted by molar-refractivity contribution is 8.10. The molecule has 0 unspecified atom stereocenters. The summed E-state index contributed by atoms with van der Waals surface area (Å²) >= 11 is 7.18. The summed E-state index contributed by atoms with van der Waals surface area (Å²) in [5.74, 6) is 0. The number of hydrogen-bond donors (Lipinski definition) is 0. The van der Waals surface area contributed by atoms with Crippen molar-refractivity contribution in [1.29, 1.82) is 0 Å². The Balaban J connectivity index is 2.63. The molecule has 2 heteroatoms. The second-order valence-electron chi connectivity index (χ2n) is 5.43. The molecule has 2 rings (SSSR count). The van der Waals surface area contributed by atoms with Crippen molar-refractivity contribution >= 4 is 28.5 Å². The fourth-order valence-corrected chi connectivity index (χ4v) is 5.88. The van der Waals surface area contributed by atoms with Crippen LogP contribution in [0.25, 0.3) is 0 Å². The Morgan fingerprint density at radius 1 is 0.722 bits per heavy atom. The van der Waals surface area contributed by atoms with E-state index in [0.717, 1.165) is 0 Å². The molecule has 0 saturated carbocycles. The van der Waals surface area contributed by atoms with Gasteiger partial charge in [0.15, 0.2) is 6.62 Å². The van der Waals surface area contributed by atoms with Crippen molar-refractivity contribution in [2.75, 3.05) is 0 Å². The highest BCUT2D eigenvalue weighted by Crippen LogP contribution is 2.70. The van der Waals surface area contributed by atoms with Gasteiger partial charge in [-0.15, -0.1) is 0 Å². The summed E-state index contributed by atoms with van der Waals surface area (Å²) in [6.07, 6.45) is 0. The molecule has 0 spiro atoms. The quantitative estimate of drug-likeness (QED) is 0.704. The molecule has 94 valence electrons. The van der Waals surface area contributed by atoms with E-state index >= 15 is 0 Å². The molecule has 0 fully saturated rings. The Kier molecular flexibility index (Phi) is 3.80. The Morgan fingerprint density at radius 2 is 1.06 bits per heavy atom. The van der Waals surface area contributed by atoms with Crippen LogP contribution in [-0.4, -0.2) is 5.16 Å². The topological polar surface area (TPSA) is 0 Å². The van der Waals surface area contributed by atoms with Crippen LogP contribution < -0.4 is 10.6 Å². The summed E-state index contributed by atoms with van der Waals surface area (Å²) in [7, 11) is 0. The molecule has 0 heterocycles. The van der Waals surface area contributed by atoms with E-state index in [0.29, 0.717) is 0 Å². The van der Waals surface area contributed by atoms with Gasteiger partial charge >= 0.3 is 0 Å². The molecule has 2 aromatic carbocycles. The first-order valence-corrected chi connectivity index (χ1v) is 8.86. The predicted octanol–water partition coefficient (Wildman–Crippen LogP) is 4.61. The van der Waals surface area contributed by atoms with Crippen molar-refractivity contribution in [3.63, 3.8) is 0 Å². The van der Waals surface area contributed by atoms with Crippen LogP contribution in [0.1, 0.15) is 20.8 Å². The van der Waals surface area contributed by atoms with Gasteiger partial charge in [-0.1, -0.05) is 36.4 Å². The van der Waals surface area contributed by atoms with Gasteiger partial charge in [-0.05, 0) is 45.0 Å². The lowest BCUT2D eigenvalue weighted by Crippen LogP contribution is -2.32. The molecule has 2 aromatic rings. The van der Waals surface area contributed by atoms with E-state index in [1.54, 1.807) is 0 Å². The average Bonchev–Trinajstić information content (AvgIpc) is 2.38. The summed E-state index contributed by atoms with van der Waals surface area (Å²) in [5, 5.41) is 2.55. The van der Waals surface area contributed by atoms with E-state index in [1.807, 2.05) is 12.1 Å².